The standard InChI is InChI=1S/C25H29N7O3/c1-35-22-9-7-21(8-10-22)29-13-17-31(18-14-29)25-23(32(33)34)24(26-19-27-25)30-15-11-28(12-16-30)20-5-3-2-4-6-20/h2-10,19H,11-18H2,1H3. The molecule has 35 heavy (non-hydrogen) atoms. The van der Waals surface area contributed by atoms with E-state index in [9.17, 15) is 10.1 Å². The second-order valence-electron chi connectivity index (χ2n) is 8.61. The Morgan fingerprint density at radius 1 is 0.714 bits per heavy atom. The topological polar surface area (TPSA) is 91.1 Å². The maximum Gasteiger partial charge on any atom is 0.353 e. The first kappa shape index (κ1) is 22.7. The molecule has 0 unspecified atom stereocenters. The first-order valence-corrected chi connectivity index (χ1v) is 11.8. The van der Waals surface area contributed by atoms with Crippen LogP contribution in [0.2, 0.25) is 0 Å². The highest BCUT2D eigenvalue weighted by atomic mass is 16.6. The number of anilines is 4. The van der Waals surface area contributed by atoms with Crippen LogP contribution in [0.15, 0.2) is 60.9 Å². The molecule has 182 valence electrons. The molecule has 0 bridgehead atoms. The number of methoxy groups -OCH3 is 1. The molecule has 0 atom stereocenters. The van der Waals surface area contributed by atoms with E-state index in [1.165, 1.54) is 12.0 Å². The van der Waals surface area contributed by atoms with Crippen LogP contribution in [0, 0.1) is 10.1 Å². The number of para-hydroxylation sites is 1. The fourth-order valence-electron chi connectivity index (χ4n) is 4.77. The van der Waals surface area contributed by atoms with Gasteiger partial charge in [-0.1, -0.05) is 18.2 Å². The van der Waals surface area contributed by atoms with Crippen LogP contribution in [0.3, 0.4) is 0 Å². The van der Waals surface area contributed by atoms with E-state index < -0.39 is 0 Å². The summed E-state index contributed by atoms with van der Waals surface area (Å²) in [5, 5.41) is 12.2. The molecular formula is C25H29N7O3. The van der Waals surface area contributed by atoms with Crippen LogP contribution in [0.1, 0.15) is 0 Å². The Bertz CT molecular complexity index is 1140. The summed E-state index contributed by atoms with van der Waals surface area (Å²) < 4.78 is 5.25. The molecular weight excluding hydrogens is 446 g/mol. The minimum Gasteiger partial charge on any atom is -0.497 e. The van der Waals surface area contributed by atoms with Gasteiger partial charge < -0.3 is 24.3 Å². The molecule has 3 heterocycles. The summed E-state index contributed by atoms with van der Waals surface area (Å²) in [5.74, 6) is 1.63. The third-order valence-electron chi connectivity index (χ3n) is 6.68. The number of aromatic nitrogens is 2. The number of hydrogen-bond acceptors (Lipinski definition) is 9. The summed E-state index contributed by atoms with van der Waals surface area (Å²) in [5.41, 5.74) is 2.28. The number of hydrogen-bond donors (Lipinski definition) is 0. The van der Waals surface area contributed by atoms with Gasteiger partial charge in [0, 0.05) is 63.7 Å². The number of piperazine rings is 2. The predicted molar refractivity (Wildman–Crippen MR) is 137 cm³/mol. The van der Waals surface area contributed by atoms with Gasteiger partial charge in [0.05, 0.1) is 12.0 Å². The maximum absolute atomic E-state index is 12.2. The highest BCUT2D eigenvalue weighted by molar-refractivity contribution is 5.72. The molecule has 2 saturated heterocycles. The van der Waals surface area contributed by atoms with Crippen LogP contribution in [0.5, 0.6) is 5.75 Å². The zero-order valence-electron chi connectivity index (χ0n) is 19.8. The van der Waals surface area contributed by atoms with Crippen molar-refractivity contribution in [3.05, 3.63) is 71.0 Å². The van der Waals surface area contributed by atoms with Gasteiger partial charge in [-0.2, -0.15) is 0 Å². The highest BCUT2D eigenvalue weighted by Crippen LogP contribution is 2.35. The van der Waals surface area contributed by atoms with E-state index in [4.69, 9.17) is 4.74 Å². The van der Waals surface area contributed by atoms with Crippen molar-refractivity contribution in [2.45, 2.75) is 0 Å². The summed E-state index contributed by atoms with van der Waals surface area (Å²) in [6.07, 6.45) is 1.46. The fraction of sp³-hybridized carbons (Fsp3) is 0.360. The molecule has 0 N–H and O–H groups in total. The quantitative estimate of drug-likeness (QED) is 0.394. The van der Waals surface area contributed by atoms with E-state index in [0.29, 0.717) is 37.8 Å². The van der Waals surface area contributed by atoms with E-state index in [2.05, 4.69) is 31.9 Å². The van der Waals surface area contributed by atoms with E-state index in [1.54, 1.807) is 7.11 Å². The average molecular weight is 476 g/mol. The van der Waals surface area contributed by atoms with Crippen molar-refractivity contribution in [3.63, 3.8) is 0 Å². The molecule has 2 fully saturated rings. The molecule has 2 aliphatic rings. The fourth-order valence-corrected chi connectivity index (χ4v) is 4.77. The van der Waals surface area contributed by atoms with Crippen LogP contribution in [-0.2, 0) is 0 Å². The molecule has 2 aliphatic heterocycles. The first-order chi connectivity index (χ1) is 17.1. The van der Waals surface area contributed by atoms with Crippen molar-refractivity contribution >= 4 is 28.7 Å². The molecule has 5 rings (SSSR count). The van der Waals surface area contributed by atoms with Gasteiger partial charge in [0.1, 0.15) is 12.1 Å². The van der Waals surface area contributed by atoms with E-state index in [-0.39, 0.29) is 10.6 Å². The van der Waals surface area contributed by atoms with Gasteiger partial charge in [-0.25, -0.2) is 9.97 Å². The number of rotatable bonds is 6. The lowest BCUT2D eigenvalue weighted by Crippen LogP contribution is -2.48. The zero-order chi connectivity index (χ0) is 24.2. The van der Waals surface area contributed by atoms with E-state index in [1.807, 2.05) is 52.3 Å². The molecule has 2 aromatic carbocycles. The van der Waals surface area contributed by atoms with Gasteiger partial charge >= 0.3 is 5.69 Å². The number of nitro groups is 1. The SMILES string of the molecule is COc1ccc(N2CCN(c3ncnc(N4CCN(c5ccccc5)CC4)c3[N+](=O)[O-])CC2)cc1. The monoisotopic (exact) mass is 475 g/mol. The predicted octanol–water partition coefficient (Wildman–Crippen LogP) is 3.05. The Morgan fingerprint density at radius 3 is 1.63 bits per heavy atom. The van der Waals surface area contributed by atoms with E-state index >= 15 is 0 Å². The number of nitrogens with zero attached hydrogens (tertiary/aromatic N) is 7. The number of ether oxygens (including phenoxy) is 1. The molecule has 0 saturated carbocycles. The molecule has 10 heteroatoms. The van der Waals surface area contributed by atoms with Crippen LogP contribution < -0.4 is 24.3 Å². The van der Waals surface area contributed by atoms with Crippen molar-refractivity contribution < 1.29 is 9.66 Å². The van der Waals surface area contributed by atoms with Crippen LogP contribution >= 0.6 is 0 Å². The largest absolute Gasteiger partial charge is 0.497 e. The zero-order valence-corrected chi connectivity index (χ0v) is 19.8. The molecule has 0 spiro atoms. The van der Waals surface area contributed by atoms with Crippen molar-refractivity contribution in [1.82, 2.24) is 9.97 Å². The van der Waals surface area contributed by atoms with Crippen LogP contribution in [0.4, 0.5) is 28.7 Å². The minimum atomic E-state index is -0.329. The minimum absolute atomic E-state index is 0.00133. The van der Waals surface area contributed by atoms with Gasteiger partial charge in [0.15, 0.2) is 0 Å². The van der Waals surface area contributed by atoms with Crippen molar-refractivity contribution in [3.8, 4) is 5.75 Å². The number of benzene rings is 2. The van der Waals surface area contributed by atoms with Gasteiger partial charge in [0.25, 0.3) is 0 Å². The van der Waals surface area contributed by atoms with Crippen LogP contribution in [0.25, 0.3) is 0 Å². The van der Waals surface area contributed by atoms with E-state index in [0.717, 1.165) is 37.6 Å². The van der Waals surface area contributed by atoms with Gasteiger partial charge in [-0.05, 0) is 36.4 Å². The second-order valence-corrected chi connectivity index (χ2v) is 8.61. The maximum atomic E-state index is 12.2. The molecule has 0 amide bonds. The molecule has 3 aromatic rings. The Hall–Kier alpha value is -4.08. The Kier molecular flexibility index (Phi) is 6.51. The summed E-state index contributed by atoms with van der Waals surface area (Å²) in [6, 6.07) is 18.2. The lowest BCUT2D eigenvalue weighted by Gasteiger charge is -2.38. The lowest BCUT2D eigenvalue weighted by molar-refractivity contribution is -0.383. The average Bonchev–Trinajstić information content (AvgIpc) is 2.93. The Balaban J connectivity index is 1.30. The van der Waals surface area contributed by atoms with Crippen molar-refractivity contribution in [2.24, 2.45) is 0 Å². The smallest absolute Gasteiger partial charge is 0.353 e. The molecule has 0 radical (unpaired) electrons. The third kappa shape index (κ3) is 4.77. The lowest BCUT2D eigenvalue weighted by atomic mass is 10.2. The molecule has 0 aliphatic carbocycles. The van der Waals surface area contributed by atoms with Gasteiger partial charge in [-0.15, -0.1) is 0 Å². The summed E-state index contributed by atoms with van der Waals surface area (Å²) in [7, 11) is 1.65. The summed E-state index contributed by atoms with van der Waals surface area (Å²) in [4.78, 5) is 29.2. The highest BCUT2D eigenvalue weighted by Gasteiger charge is 2.33. The first-order valence-electron chi connectivity index (χ1n) is 11.8. The van der Waals surface area contributed by atoms with Crippen molar-refractivity contribution in [2.75, 3.05) is 79.1 Å². The Labute approximate surface area is 204 Å². The van der Waals surface area contributed by atoms with Gasteiger partial charge in [0.2, 0.25) is 11.6 Å². The normalized spacial score (nSPS) is 16.4. The molecule has 1 aromatic heterocycles. The van der Waals surface area contributed by atoms with Crippen molar-refractivity contribution in [1.29, 1.82) is 0 Å². The van der Waals surface area contributed by atoms with Gasteiger partial charge in [-0.3, -0.25) is 10.1 Å². The summed E-state index contributed by atoms with van der Waals surface area (Å²) in [6.45, 7) is 5.67. The van der Waals surface area contributed by atoms with Crippen LogP contribution in [-0.4, -0.2) is 74.4 Å². The molecule has 10 nitrogen and oxygen atoms in total. The second kappa shape index (κ2) is 10.0. The Morgan fingerprint density at radius 2 is 1.17 bits per heavy atom. The summed E-state index contributed by atoms with van der Waals surface area (Å²) >= 11 is 0. The third-order valence-corrected chi connectivity index (χ3v) is 6.68.